The minimum Gasteiger partial charge on any atom is -0.479 e. The first-order valence-electron chi connectivity index (χ1n) is 6.75. The SMILES string of the molecule is C[C@H](Oc1ccccc1)C(=O)O[C@H]1C[C@@H](O)[C@@H]2C[C@@H]21. The number of carbonyl (C=O) groups is 1. The van der Waals surface area contributed by atoms with Crippen LogP contribution in [0.2, 0.25) is 0 Å². The van der Waals surface area contributed by atoms with Gasteiger partial charge in [0.1, 0.15) is 11.9 Å². The summed E-state index contributed by atoms with van der Waals surface area (Å²) in [6, 6.07) is 9.22. The lowest BCUT2D eigenvalue weighted by Crippen LogP contribution is -2.30. The standard InChI is InChI=1S/C15H18O4/c1-9(18-10-5-3-2-4-6-10)15(17)19-14-8-13(16)11-7-12(11)14/h2-6,9,11-14,16H,7-8H2,1H3/t9-,11+,12-,13+,14-/m0/s1. The van der Waals surface area contributed by atoms with E-state index in [9.17, 15) is 9.90 Å². The molecule has 0 amide bonds. The molecule has 0 heterocycles. The van der Waals surface area contributed by atoms with Gasteiger partial charge in [-0.1, -0.05) is 18.2 Å². The predicted octanol–water partition coefficient (Wildman–Crippen LogP) is 1.77. The topological polar surface area (TPSA) is 55.8 Å². The first-order valence-corrected chi connectivity index (χ1v) is 6.75. The van der Waals surface area contributed by atoms with E-state index in [2.05, 4.69) is 0 Å². The number of hydrogen-bond acceptors (Lipinski definition) is 4. The summed E-state index contributed by atoms with van der Waals surface area (Å²) in [7, 11) is 0. The zero-order chi connectivity index (χ0) is 13.4. The maximum atomic E-state index is 11.9. The van der Waals surface area contributed by atoms with E-state index in [0.717, 1.165) is 6.42 Å². The van der Waals surface area contributed by atoms with Crippen LogP contribution in [0.25, 0.3) is 0 Å². The smallest absolute Gasteiger partial charge is 0.347 e. The molecular weight excluding hydrogens is 244 g/mol. The molecule has 3 rings (SSSR count). The van der Waals surface area contributed by atoms with E-state index in [1.807, 2.05) is 18.2 Å². The number of rotatable bonds is 4. The van der Waals surface area contributed by atoms with Gasteiger partial charge in [0, 0.05) is 12.3 Å². The summed E-state index contributed by atoms with van der Waals surface area (Å²) in [6.07, 6.45) is 0.492. The Morgan fingerprint density at radius 1 is 1.26 bits per heavy atom. The van der Waals surface area contributed by atoms with Gasteiger partial charge in [0.2, 0.25) is 0 Å². The molecule has 5 atom stereocenters. The molecule has 102 valence electrons. The van der Waals surface area contributed by atoms with Gasteiger partial charge in [0.05, 0.1) is 6.10 Å². The molecule has 0 saturated heterocycles. The average Bonchev–Trinajstić information content (AvgIpc) is 3.13. The number of ether oxygens (including phenoxy) is 2. The van der Waals surface area contributed by atoms with Crippen LogP contribution in [0.15, 0.2) is 30.3 Å². The van der Waals surface area contributed by atoms with Gasteiger partial charge in [0.25, 0.3) is 0 Å². The highest BCUT2D eigenvalue weighted by atomic mass is 16.6. The Kier molecular flexibility index (Phi) is 3.19. The summed E-state index contributed by atoms with van der Waals surface area (Å²) in [6.45, 7) is 1.69. The molecule has 0 radical (unpaired) electrons. The molecule has 0 spiro atoms. The molecule has 2 aliphatic carbocycles. The highest BCUT2D eigenvalue weighted by Gasteiger charge is 2.55. The van der Waals surface area contributed by atoms with Crippen molar-refractivity contribution in [2.24, 2.45) is 11.8 Å². The van der Waals surface area contributed by atoms with Crippen LogP contribution in [0.4, 0.5) is 0 Å². The van der Waals surface area contributed by atoms with E-state index < -0.39 is 6.10 Å². The number of hydrogen-bond donors (Lipinski definition) is 1. The Morgan fingerprint density at radius 2 is 2.00 bits per heavy atom. The third kappa shape index (κ3) is 2.59. The van der Waals surface area contributed by atoms with Crippen molar-refractivity contribution in [3.8, 4) is 5.75 Å². The van der Waals surface area contributed by atoms with E-state index in [4.69, 9.17) is 9.47 Å². The summed E-state index contributed by atoms with van der Waals surface area (Å²) in [4.78, 5) is 11.9. The molecular formula is C15H18O4. The fraction of sp³-hybridized carbons (Fsp3) is 0.533. The van der Waals surface area contributed by atoms with Gasteiger partial charge < -0.3 is 14.6 Å². The van der Waals surface area contributed by atoms with Crippen LogP contribution >= 0.6 is 0 Å². The van der Waals surface area contributed by atoms with Crippen molar-refractivity contribution < 1.29 is 19.4 Å². The van der Waals surface area contributed by atoms with Crippen LogP contribution in [-0.2, 0) is 9.53 Å². The zero-order valence-electron chi connectivity index (χ0n) is 10.9. The second-order valence-corrected chi connectivity index (χ2v) is 5.41. The summed E-state index contributed by atoms with van der Waals surface area (Å²) in [5.74, 6) is 1.02. The number of aliphatic hydroxyl groups is 1. The highest BCUT2D eigenvalue weighted by Crippen LogP contribution is 2.53. The van der Waals surface area contributed by atoms with Gasteiger partial charge in [-0.3, -0.25) is 0 Å². The summed E-state index contributed by atoms with van der Waals surface area (Å²) in [5, 5.41) is 9.67. The maximum Gasteiger partial charge on any atom is 0.347 e. The van der Waals surface area contributed by atoms with Crippen LogP contribution in [0.3, 0.4) is 0 Å². The summed E-state index contributed by atoms with van der Waals surface area (Å²) < 4.78 is 11.0. The first-order chi connectivity index (χ1) is 9.15. The molecule has 2 fully saturated rings. The van der Waals surface area contributed by atoms with Crippen molar-refractivity contribution in [1.82, 2.24) is 0 Å². The lowest BCUT2D eigenvalue weighted by molar-refractivity contribution is -0.157. The zero-order valence-corrected chi connectivity index (χ0v) is 10.9. The number of carbonyl (C=O) groups excluding carboxylic acids is 1. The van der Waals surface area contributed by atoms with Crippen molar-refractivity contribution in [3.05, 3.63) is 30.3 Å². The quantitative estimate of drug-likeness (QED) is 0.840. The molecule has 2 aliphatic rings. The third-order valence-corrected chi connectivity index (χ3v) is 3.99. The fourth-order valence-corrected chi connectivity index (χ4v) is 2.83. The van der Waals surface area contributed by atoms with Crippen LogP contribution in [0.5, 0.6) is 5.75 Å². The molecule has 0 bridgehead atoms. The molecule has 0 aliphatic heterocycles. The number of fused-ring (bicyclic) bond motifs is 1. The average molecular weight is 262 g/mol. The number of esters is 1. The predicted molar refractivity (Wildman–Crippen MR) is 68.6 cm³/mol. The van der Waals surface area contributed by atoms with Crippen LogP contribution in [-0.4, -0.2) is 29.4 Å². The molecule has 1 aromatic carbocycles. The Hall–Kier alpha value is -1.55. The summed E-state index contributed by atoms with van der Waals surface area (Å²) >= 11 is 0. The minimum atomic E-state index is -0.627. The molecule has 19 heavy (non-hydrogen) atoms. The highest BCUT2D eigenvalue weighted by molar-refractivity contribution is 5.75. The monoisotopic (exact) mass is 262 g/mol. The number of benzene rings is 1. The maximum absolute atomic E-state index is 11.9. The molecule has 1 aromatic rings. The van der Waals surface area contributed by atoms with Gasteiger partial charge in [-0.15, -0.1) is 0 Å². The van der Waals surface area contributed by atoms with E-state index in [0.29, 0.717) is 24.0 Å². The van der Waals surface area contributed by atoms with Crippen LogP contribution in [0.1, 0.15) is 19.8 Å². The van der Waals surface area contributed by atoms with E-state index in [-0.39, 0.29) is 18.2 Å². The van der Waals surface area contributed by atoms with Gasteiger partial charge in [0.15, 0.2) is 6.10 Å². The van der Waals surface area contributed by atoms with Crippen molar-refractivity contribution in [3.63, 3.8) is 0 Å². The Labute approximate surface area is 112 Å². The number of aliphatic hydroxyl groups excluding tert-OH is 1. The van der Waals surface area contributed by atoms with Gasteiger partial charge in [-0.25, -0.2) is 4.79 Å². The van der Waals surface area contributed by atoms with Gasteiger partial charge in [-0.05, 0) is 31.4 Å². The first kappa shape index (κ1) is 12.5. The Balaban J connectivity index is 1.53. The Morgan fingerprint density at radius 3 is 2.58 bits per heavy atom. The molecule has 1 N–H and O–H groups in total. The normalized spacial score (nSPS) is 33.4. The molecule has 4 heteroatoms. The van der Waals surface area contributed by atoms with Crippen molar-refractivity contribution in [2.75, 3.05) is 0 Å². The number of para-hydroxylation sites is 1. The fourth-order valence-electron chi connectivity index (χ4n) is 2.83. The molecule has 2 saturated carbocycles. The molecule has 0 aromatic heterocycles. The Bertz CT molecular complexity index is 458. The van der Waals surface area contributed by atoms with Crippen LogP contribution in [0, 0.1) is 11.8 Å². The minimum absolute atomic E-state index is 0.130. The van der Waals surface area contributed by atoms with Crippen molar-refractivity contribution in [1.29, 1.82) is 0 Å². The van der Waals surface area contributed by atoms with E-state index >= 15 is 0 Å². The molecule has 4 nitrogen and oxygen atoms in total. The lowest BCUT2D eigenvalue weighted by atomic mass is 10.2. The third-order valence-electron chi connectivity index (χ3n) is 3.99. The van der Waals surface area contributed by atoms with Crippen molar-refractivity contribution in [2.45, 2.75) is 38.1 Å². The van der Waals surface area contributed by atoms with Crippen LogP contribution < -0.4 is 4.74 Å². The molecule has 0 unspecified atom stereocenters. The van der Waals surface area contributed by atoms with Gasteiger partial charge >= 0.3 is 5.97 Å². The second-order valence-electron chi connectivity index (χ2n) is 5.41. The van der Waals surface area contributed by atoms with Gasteiger partial charge in [-0.2, -0.15) is 0 Å². The van der Waals surface area contributed by atoms with E-state index in [1.54, 1.807) is 19.1 Å². The second kappa shape index (κ2) is 4.85. The van der Waals surface area contributed by atoms with Crippen molar-refractivity contribution >= 4 is 5.97 Å². The lowest BCUT2D eigenvalue weighted by Gasteiger charge is -2.18. The summed E-state index contributed by atoms with van der Waals surface area (Å²) in [5.41, 5.74) is 0. The van der Waals surface area contributed by atoms with E-state index in [1.165, 1.54) is 0 Å². The largest absolute Gasteiger partial charge is 0.479 e.